The quantitative estimate of drug-likeness (QED) is 0.940. The standard InChI is InChI=1S/C18H17FN2O3/c19-15-6-1-2-7-16(15)20-8-10-21(11-9-20)17(22)13-4-3-5-14(12-13)18(23)24/h1-7,12H,8-11H2,(H,23,24). The van der Waals surface area contributed by atoms with E-state index in [1.807, 2.05) is 4.90 Å². The Morgan fingerprint density at radius 2 is 1.58 bits per heavy atom. The molecule has 1 heterocycles. The Kier molecular flexibility index (Phi) is 4.46. The van der Waals surface area contributed by atoms with Crippen LogP contribution in [0.4, 0.5) is 10.1 Å². The average molecular weight is 328 g/mol. The minimum absolute atomic E-state index is 0.0887. The third-order valence-electron chi connectivity index (χ3n) is 4.12. The van der Waals surface area contributed by atoms with Crippen LogP contribution in [-0.2, 0) is 0 Å². The van der Waals surface area contributed by atoms with E-state index in [1.54, 1.807) is 35.2 Å². The fourth-order valence-corrected chi connectivity index (χ4v) is 2.83. The topological polar surface area (TPSA) is 60.9 Å². The fourth-order valence-electron chi connectivity index (χ4n) is 2.83. The van der Waals surface area contributed by atoms with Crippen molar-refractivity contribution in [3.05, 3.63) is 65.5 Å². The molecule has 0 spiro atoms. The lowest BCUT2D eigenvalue weighted by molar-refractivity contribution is 0.0697. The Hall–Kier alpha value is -2.89. The molecule has 3 rings (SSSR count). The first kappa shape index (κ1) is 16.0. The average Bonchev–Trinajstić information content (AvgIpc) is 2.62. The Balaban J connectivity index is 1.68. The first-order chi connectivity index (χ1) is 11.6. The summed E-state index contributed by atoms with van der Waals surface area (Å²) in [6.45, 7) is 1.99. The number of amides is 1. The molecule has 0 saturated carbocycles. The summed E-state index contributed by atoms with van der Waals surface area (Å²) in [7, 11) is 0. The molecule has 1 aliphatic rings. The highest BCUT2D eigenvalue weighted by Gasteiger charge is 2.23. The van der Waals surface area contributed by atoms with Crippen LogP contribution >= 0.6 is 0 Å². The number of carbonyl (C=O) groups is 2. The predicted octanol–water partition coefficient (Wildman–Crippen LogP) is 2.49. The number of anilines is 1. The summed E-state index contributed by atoms with van der Waals surface area (Å²) in [4.78, 5) is 27.1. The summed E-state index contributed by atoms with van der Waals surface area (Å²) >= 11 is 0. The molecule has 5 nitrogen and oxygen atoms in total. The number of piperazine rings is 1. The zero-order valence-corrected chi connectivity index (χ0v) is 13.0. The number of hydrogen-bond donors (Lipinski definition) is 1. The van der Waals surface area contributed by atoms with Crippen molar-refractivity contribution in [2.24, 2.45) is 0 Å². The van der Waals surface area contributed by atoms with Crippen molar-refractivity contribution in [3.8, 4) is 0 Å². The molecule has 2 aromatic carbocycles. The zero-order valence-electron chi connectivity index (χ0n) is 13.0. The molecule has 2 aromatic rings. The van der Waals surface area contributed by atoms with Crippen LogP contribution in [0, 0.1) is 5.82 Å². The number of nitrogens with zero attached hydrogens (tertiary/aromatic N) is 2. The molecule has 24 heavy (non-hydrogen) atoms. The Morgan fingerprint density at radius 1 is 0.917 bits per heavy atom. The molecule has 1 N–H and O–H groups in total. The number of para-hydroxylation sites is 1. The van der Waals surface area contributed by atoms with E-state index in [-0.39, 0.29) is 17.3 Å². The molecule has 1 fully saturated rings. The van der Waals surface area contributed by atoms with Crippen LogP contribution in [0.15, 0.2) is 48.5 Å². The number of carbonyl (C=O) groups excluding carboxylic acids is 1. The van der Waals surface area contributed by atoms with Gasteiger partial charge in [0.2, 0.25) is 0 Å². The number of hydrogen-bond acceptors (Lipinski definition) is 3. The van der Waals surface area contributed by atoms with Gasteiger partial charge in [-0.3, -0.25) is 4.79 Å². The molecule has 1 saturated heterocycles. The molecule has 0 radical (unpaired) electrons. The Labute approximate surface area is 138 Å². The summed E-state index contributed by atoms with van der Waals surface area (Å²) < 4.78 is 13.8. The second-order valence-corrected chi connectivity index (χ2v) is 5.62. The lowest BCUT2D eigenvalue weighted by Gasteiger charge is -2.36. The van der Waals surface area contributed by atoms with Crippen molar-refractivity contribution in [1.82, 2.24) is 4.90 Å². The fraction of sp³-hybridized carbons (Fsp3) is 0.222. The van der Waals surface area contributed by atoms with E-state index in [2.05, 4.69) is 0 Å². The second kappa shape index (κ2) is 6.70. The minimum atomic E-state index is -1.06. The lowest BCUT2D eigenvalue weighted by Crippen LogP contribution is -2.49. The van der Waals surface area contributed by atoms with E-state index in [0.717, 1.165) is 0 Å². The van der Waals surface area contributed by atoms with Crippen LogP contribution in [0.5, 0.6) is 0 Å². The van der Waals surface area contributed by atoms with Crippen molar-refractivity contribution in [3.63, 3.8) is 0 Å². The van der Waals surface area contributed by atoms with Crippen LogP contribution in [0.1, 0.15) is 20.7 Å². The van der Waals surface area contributed by atoms with Gasteiger partial charge in [-0.05, 0) is 30.3 Å². The molecular formula is C18H17FN2O3. The first-order valence-corrected chi connectivity index (χ1v) is 7.68. The Morgan fingerprint density at radius 3 is 2.25 bits per heavy atom. The number of aromatic carboxylic acids is 1. The van der Waals surface area contributed by atoms with Gasteiger partial charge in [0, 0.05) is 31.7 Å². The van der Waals surface area contributed by atoms with E-state index >= 15 is 0 Å². The highest BCUT2D eigenvalue weighted by atomic mass is 19.1. The van der Waals surface area contributed by atoms with E-state index in [9.17, 15) is 14.0 Å². The smallest absolute Gasteiger partial charge is 0.335 e. The molecule has 0 aromatic heterocycles. The third-order valence-corrected chi connectivity index (χ3v) is 4.12. The van der Waals surface area contributed by atoms with Gasteiger partial charge in [-0.15, -0.1) is 0 Å². The molecule has 0 aliphatic carbocycles. The van der Waals surface area contributed by atoms with Crippen LogP contribution in [0.25, 0.3) is 0 Å². The monoisotopic (exact) mass is 328 g/mol. The first-order valence-electron chi connectivity index (χ1n) is 7.68. The summed E-state index contributed by atoms with van der Waals surface area (Å²) in [5.74, 6) is -1.54. The third kappa shape index (κ3) is 3.22. The van der Waals surface area contributed by atoms with Crippen LogP contribution in [0.2, 0.25) is 0 Å². The molecule has 0 unspecified atom stereocenters. The van der Waals surface area contributed by atoms with Gasteiger partial charge >= 0.3 is 5.97 Å². The molecular weight excluding hydrogens is 311 g/mol. The van der Waals surface area contributed by atoms with E-state index < -0.39 is 5.97 Å². The number of benzene rings is 2. The van der Waals surface area contributed by atoms with Crippen molar-refractivity contribution < 1.29 is 19.1 Å². The minimum Gasteiger partial charge on any atom is -0.478 e. The van der Waals surface area contributed by atoms with Crippen molar-refractivity contribution in [1.29, 1.82) is 0 Å². The van der Waals surface area contributed by atoms with Gasteiger partial charge in [0.15, 0.2) is 0 Å². The number of carboxylic acids is 1. The normalized spacial score (nSPS) is 14.5. The highest BCUT2D eigenvalue weighted by molar-refractivity contribution is 5.97. The summed E-state index contributed by atoms with van der Waals surface area (Å²) in [6.07, 6.45) is 0. The molecule has 0 atom stereocenters. The SMILES string of the molecule is O=C(O)c1cccc(C(=O)N2CCN(c3ccccc3F)CC2)c1. The largest absolute Gasteiger partial charge is 0.478 e. The lowest BCUT2D eigenvalue weighted by atomic mass is 10.1. The molecule has 1 aliphatic heterocycles. The van der Waals surface area contributed by atoms with Gasteiger partial charge in [0.1, 0.15) is 5.82 Å². The zero-order chi connectivity index (χ0) is 17.1. The number of rotatable bonds is 3. The molecule has 1 amide bonds. The maximum atomic E-state index is 13.8. The van der Waals surface area contributed by atoms with E-state index in [1.165, 1.54) is 18.2 Å². The molecule has 0 bridgehead atoms. The molecule has 124 valence electrons. The van der Waals surface area contributed by atoms with Gasteiger partial charge < -0.3 is 14.9 Å². The van der Waals surface area contributed by atoms with Crippen molar-refractivity contribution in [2.45, 2.75) is 0 Å². The van der Waals surface area contributed by atoms with Gasteiger partial charge in [-0.2, -0.15) is 0 Å². The molecule has 6 heteroatoms. The number of halogens is 1. The maximum absolute atomic E-state index is 13.8. The predicted molar refractivity (Wildman–Crippen MR) is 87.9 cm³/mol. The van der Waals surface area contributed by atoms with Crippen molar-refractivity contribution >= 4 is 17.6 Å². The maximum Gasteiger partial charge on any atom is 0.335 e. The summed E-state index contributed by atoms with van der Waals surface area (Å²) in [5, 5.41) is 9.02. The van der Waals surface area contributed by atoms with Crippen LogP contribution in [-0.4, -0.2) is 48.1 Å². The van der Waals surface area contributed by atoms with Crippen molar-refractivity contribution in [2.75, 3.05) is 31.1 Å². The van der Waals surface area contributed by atoms with Gasteiger partial charge in [0.05, 0.1) is 11.3 Å². The van der Waals surface area contributed by atoms with Gasteiger partial charge in [-0.25, -0.2) is 9.18 Å². The van der Waals surface area contributed by atoms with E-state index in [4.69, 9.17) is 5.11 Å². The highest BCUT2D eigenvalue weighted by Crippen LogP contribution is 2.21. The second-order valence-electron chi connectivity index (χ2n) is 5.62. The van der Waals surface area contributed by atoms with Crippen LogP contribution < -0.4 is 4.90 Å². The van der Waals surface area contributed by atoms with E-state index in [0.29, 0.717) is 37.4 Å². The van der Waals surface area contributed by atoms with Gasteiger partial charge in [0.25, 0.3) is 5.91 Å². The van der Waals surface area contributed by atoms with Crippen LogP contribution in [0.3, 0.4) is 0 Å². The number of carboxylic acid groups (broad SMARTS) is 1. The summed E-state index contributed by atoms with van der Waals surface area (Å²) in [5.41, 5.74) is 0.984. The Bertz CT molecular complexity index is 770. The van der Waals surface area contributed by atoms with Gasteiger partial charge in [-0.1, -0.05) is 18.2 Å². The summed E-state index contributed by atoms with van der Waals surface area (Å²) in [6, 6.07) is 12.6.